The van der Waals surface area contributed by atoms with E-state index in [0.717, 1.165) is 0 Å². The van der Waals surface area contributed by atoms with Gasteiger partial charge in [0.1, 0.15) is 10.6 Å². The average Bonchev–Trinajstić information content (AvgIpc) is 2.57. The summed E-state index contributed by atoms with van der Waals surface area (Å²) in [5, 5.41) is 15.2. The number of aromatic nitrogens is 2. The third kappa shape index (κ3) is 2.55. The molecule has 3 N–H and O–H groups in total. The summed E-state index contributed by atoms with van der Waals surface area (Å²) in [5.41, 5.74) is 0.582. The molecule has 0 unspecified atom stereocenters. The Balaban J connectivity index is 3.08. The van der Waals surface area contributed by atoms with Crippen molar-refractivity contribution in [2.75, 3.05) is 6.54 Å². The van der Waals surface area contributed by atoms with Gasteiger partial charge in [0.2, 0.25) is 10.0 Å². The second-order valence-electron chi connectivity index (χ2n) is 3.18. The molecule has 0 aliphatic rings. The predicted octanol–water partition coefficient (Wildman–Crippen LogP) is -0.101. The van der Waals surface area contributed by atoms with E-state index in [4.69, 9.17) is 5.11 Å². The van der Waals surface area contributed by atoms with Gasteiger partial charge in [0, 0.05) is 6.54 Å². The van der Waals surface area contributed by atoms with Gasteiger partial charge in [-0.3, -0.25) is 5.10 Å². The number of nitrogens with one attached hydrogen (secondary N) is 2. The zero-order valence-electron chi connectivity index (χ0n) is 8.74. The molecule has 0 bridgehead atoms. The van der Waals surface area contributed by atoms with Gasteiger partial charge in [-0.25, -0.2) is 13.1 Å². The van der Waals surface area contributed by atoms with Gasteiger partial charge in [-0.2, -0.15) is 5.10 Å². The summed E-state index contributed by atoms with van der Waals surface area (Å²) >= 11 is 0. The van der Waals surface area contributed by atoms with Crippen molar-refractivity contribution in [2.24, 2.45) is 0 Å². The van der Waals surface area contributed by atoms with Crippen LogP contribution in [0.3, 0.4) is 0 Å². The van der Waals surface area contributed by atoms with Crippen LogP contribution in [0.4, 0.5) is 0 Å². The smallest absolute Gasteiger partial charge is 0.244 e. The van der Waals surface area contributed by atoms with Gasteiger partial charge in [0.25, 0.3) is 0 Å². The Morgan fingerprint density at radius 1 is 1.53 bits per heavy atom. The summed E-state index contributed by atoms with van der Waals surface area (Å²) in [4.78, 5) is 0.0541. The highest BCUT2D eigenvalue weighted by Crippen LogP contribution is 2.16. The van der Waals surface area contributed by atoms with Crippen molar-refractivity contribution in [2.45, 2.75) is 31.8 Å². The number of H-pyrrole nitrogens is 1. The highest BCUT2D eigenvalue weighted by atomic mass is 32.2. The van der Waals surface area contributed by atoms with E-state index in [1.807, 2.05) is 6.92 Å². The Kier molecular flexibility index (Phi) is 3.83. The molecule has 0 saturated heterocycles. The van der Waals surface area contributed by atoms with Crippen LogP contribution < -0.4 is 4.72 Å². The molecule has 0 fully saturated rings. The number of aromatic amines is 1. The van der Waals surface area contributed by atoms with Crippen LogP contribution in [0.15, 0.2) is 4.90 Å². The third-order valence-electron chi connectivity index (χ3n) is 1.92. The average molecular weight is 233 g/mol. The van der Waals surface area contributed by atoms with Crippen LogP contribution in [0.5, 0.6) is 0 Å². The summed E-state index contributed by atoms with van der Waals surface area (Å²) in [6.45, 7) is 3.45. The molecule has 1 aromatic heterocycles. The first-order valence-corrected chi connectivity index (χ1v) is 6.15. The first-order valence-electron chi connectivity index (χ1n) is 4.67. The number of hydrogen-bond donors (Lipinski definition) is 3. The fraction of sp³-hybridized carbons (Fsp3) is 0.625. The van der Waals surface area contributed by atoms with E-state index in [1.54, 1.807) is 6.92 Å². The van der Waals surface area contributed by atoms with Crippen molar-refractivity contribution in [3.8, 4) is 0 Å². The second kappa shape index (κ2) is 4.73. The molecule has 1 heterocycles. The molecule has 6 nitrogen and oxygen atoms in total. The first kappa shape index (κ1) is 12.2. The van der Waals surface area contributed by atoms with Crippen LogP contribution in [0.1, 0.15) is 24.7 Å². The molecule has 86 valence electrons. The molecule has 1 rings (SSSR count). The van der Waals surface area contributed by atoms with Crippen molar-refractivity contribution in [1.29, 1.82) is 0 Å². The number of sulfonamides is 1. The molecule has 0 spiro atoms. The zero-order chi connectivity index (χ0) is 11.5. The van der Waals surface area contributed by atoms with Gasteiger partial charge < -0.3 is 5.11 Å². The number of aliphatic hydroxyl groups excluding tert-OH is 1. The maximum Gasteiger partial charge on any atom is 0.244 e. The summed E-state index contributed by atoms with van der Waals surface area (Å²) in [6, 6.07) is 0. The van der Waals surface area contributed by atoms with E-state index in [-0.39, 0.29) is 10.6 Å². The maximum absolute atomic E-state index is 11.8. The molecule has 0 aliphatic carbocycles. The Morgan fingerprint density at radius 3 is 2.73 bits per heavy atom. The van der Waals surface area contributed by atoms with Crippen LogP contribution in [0.25, 0.3) is 0 Å². The molecule has 0 aliphatic heterocycles. The van der Waals surface area contributed by atoms with Crippen LogP contribution in [-0.2, 0) is 16.6 Å². The van der Waals surface area contributed by atoms with E-state index in [9.17, 15) is 8.42 Å². The molecule has 0 amide bonds. The maximum atomic E-state index is 11.8. The normalized spacial score (nSPS) is 11.9. The molecule has 7 heteroatoms. The van der Waals surface area contributed by atoms with Gasteiger partial charge >= 0.3 is 0 Å². The molecule has 0 radical (unpaired) electrons. The quantitative estimate of drug-likeness (QED) is 0.661. The minimum absolute atomic E-state index is 0.0541. The molecule has 15 heavy (non-hydrogen) atoms. The van der Waals surface area contributed by atoms with E-state index in [1.165, 1.54) is 0 Å². The topological polar surface area (TPSA) is 95.1 Å². The van der Waals surface area contributed by atoms with Gasteiger partial charge in [0.05, 0.1) is 12.3 Å². The Morgan fingerprint density at radius 2 is 2.20 bits per heavy atom. The summed E-state index contributed by atoms with van der Waals surface area (Å²) < 4.78 is 26.0. The first-order chi connectivity index (χ1) is 7.03. The lowest BCUT2D eigenvalue weighted by Gasteiger charge is -2.05. The molecule has 0 atom stereocenters. The van der Waals surface area contributed by atoms with E-state index in [2.05, 4.69) is 14.9 Å². The fourth-order valence-electron chi connectivity index (χ4n) is 1.24. The molecular weight excluding hydrogens is 218 g/mol. The number of aryl methyl sites for hydroxylation is 1. The lowest BCUT2D eigenvalue weighted by atomic mass is 10.4. The second-order valence-corrected chi connectivity index (χ2v) is 4.88. The molecule has 0 aromatic carbocycles. The Labute approximate surface area is 88.8 Å². The number of nitrogens with zero attached hydrogens (tertiary/aromatic N) is 1. The third-order valence-corrected chi connectivity index (χ3v) is 3.59. The highest BCUT2D eigenvalue weighted by Gasteiger charge is 2.22. The number of hydrogen-bond acceptors (Lipinski definition) is 4. The highest BCUT2D eigenvalue weighted by molar-refractivity contribution is 7.89. The number of aliphatic hydroxyl groups is 1. The Bertz CT molecular complexity index is 424. The van der Waals surface area contributed by atoms with Crippen LogP contribution in [0, 0.1) is 6.92 Å². The van der Waals surface area contributed by atoms with Crippen molar-refractivity contribution in [1.82, 2.24) is 14.9 Å². The SMILES string of the molecule is CCCNS(=O)(=O)c1c(CO)n[nH]c1C. The van der Waals surface area contributed by atoms with Crippen molar-refractivity contribution in [3.05, 3.63) is 11.4 Å². The predicted molar refractivity (Wildman–Crippen MR) is 54.7 cm³/mol. The van der Waals surface area contributed by atoms with E-state index < -0.39 is 16.6 Å². The van der Waals surface area contributed by atoms with Crippen molar-refractivity contribution < 1.29 is 13.5 Å². The van der Waals surface area contributed by atoms with E-state index in [0.29, 0.717) is 18.7 Å². The summed E-state index contributed by atoms with van der Waals surface area (Å²) in [5.74, 6) is 0. The summed E-state index contributed by atoms with van der Waals surface area (Å²) in [7, 11) is -3.56. The van der Waals surface area contributed by atoms with Crippen molar-refractivity contribution >= 4 is 10.0 Å². The van der Waals surface area contributed by atoms with Gasteiger partial charge in [-0.05, 0) is 13.3 Å². The van der Waals surface area contributed by atoms with E-state index >= 15 is 0 Å². The zero-order valence-corrected chi connectivity index (χ0v) is 9.56. The molecule has 0 saturated carbocycles. The van der Waals surface area contributed by atoms with Gasteiger partial charge in [-0.15, -0.1) is 0 Å². The summed E-state index contributed by atoms with van der Waals surface area (Å²) in [6.07, 6.45) is 0.713. The lowest BCUT2D eigenvalue weighted by molar-refractivity contribution is 0.273. The van der Waals surface area contributed by atoms with Crippen LogP contribution in [0.2, 0.25) is 0 Å². The van der Waals surface area contributed by atoms with Gasteiger partial charge in [0.15, 0.2) is 0 Å². The Hall–Kier alpha value is -0.920. The van der Waals surface area contributed by atoms with Crippen molar-refractivity contribution in [3.63, 3.8) is 0 Å². The lowest BCUT2D eigenvalue weighted by Crippen LogP contribution is -2.25. The number of rotatable bonds is 5. The standard InChI is InChI=1S/C8H15N3O3S/c1-3-4-9-15(13,14)8-6(2)10-11-7(8)5-12/h9,12H,3-5H2,1-2H3,(H,10,11). The van der Waals surface area contributed by atoms with Gasteiger partial charge in [-0.1, -0.05) is 6.92 Å². The van der Waals surface area contributed by atoms with Crippen LogP contribution in [-0.4, -0.2) is 30.3 Å². The minimum atomic E-state index is -3.56. The molecular formula is C8H15N3O3S. The molecule has 1 aromatic rings. The minimum Gasteiger partial charge on any atom is -0.390 e. The monoisotopic (exact) mass is 233 g/mol. The largest absolute Gasteiger partial charge is 0.390 e. The fourth-order valence-corrected chi connectivity index (χ4v) is 2.73. The van der Waals surface area contributed by atoms with Crippen LogP contribution >= 0.6 is 0 Å².